The van der Waals surface area contributed by atoms with Gasteiger partial charge in [-0.2, -0.15) is 0 Å². The lowest BCUT2D eigenvalue weighted by Gasteiger charge is -2.03. The van der Waals surface area contributed by atoms with Gasteiger partial charge >= 0.3 is 0 Å². The third-order valence-electron chi connectivity index (χ3n) is 4.17. The fourth-order valence-electron chi connectivity index (χ4n) is 2.47. The van der Waals surface area contributed by atoms with Crippen molar-refractivity contribution in [3.8, 4) is 0 Å². The summed E-state index contributed by atoms with van der Waals surface area (Å²) in [5.41, 5.74) is 5.47. The SMILES string of the molecule is C/C=C\C(C)=C(\C)C=NCCCCc1ccc(CCCC)cc1. The molecule has 1 aromatic carbocycles. The van der Waals surface area contributed by atoms with Crippen molar-refractivity contribution in [3.05, 3.63) is 58.7 Å². The fraction of sp³-hybridized carbons (Fsp3) is 0.500. The molecule has 0 amide bonds. The van der Waals surface area contributed by atoms with E-state index in [1.165, 1.54) is 48.0 Å². The zero-order valence-electron chi connectivity index (χ0n) is 15.4. The second-order valence-corrected chi connectivity index (χ2v) is 6.28. The number of aryl methyl sites for hydroxylation is 2. The van der Waals surface area contributed by atoms with Gasteiger partial charge in [-0.1, -0.05) is 49.8 Å². The van der Waals surface area contributed by atoms with Gasteiger partial charge in [0.2, 0.25) is 0 Å². The van der Waals surface area contributed by atoms with Gasteiger partial charge < -0.3 is 0 Å². The van der Waals surface area contributed by atoms with Crippen LogP contribution in [-0.4, -0.2) is 12.8 Å². The maximum atomic E-state index is 4.54. The molecule has 0 aliphatic carbocycles. The highest BCUT2D eigenvalue weighted by Gasteiger charge is 1.96. The second kappa shape index (κ2) is 11.9. The quantitative estimate of drug-likeness (QED) is 0.272. The molecule has 1 aromatic rings. The van der Waals surface area contributed by atoms with Gasteiger partial charge in [0.25, 0.3) is 0 Å². The average molecular weight is 312 g/mol. The van der Waals surface area contributed by atoms with E-state index in [-0.39, 0.29) is 0 Å². The van der Waals surface area contributed by atoms with Gasteiger partial charge in [0.15, 0.2) is 0 Å². The van der Waals surface area contributed by atoms with E-state index in [9.17, 15) is 0 Å². The summed E-state index contributed by atoms with van der Waals surface area (Å²) >= 11 is 0. The summed E-state index contributed by atoms with van der Waals surface area (Å²) in [5, 5.41) is 0. The Kier molecular flexibility index (Phi) is 10.0. The van der Waals surface area contributed by atoms with Crippen molar-refractivity contribution in [3.63, 3.8) is 0 Å². The van der Waals surface area contributed by atoms with E-state index in [2.05, 4.69) is 62.2 Å². The highest BCUT2D eigenvalue weighted by atomic mass is 14.7. The Morgan fingerprint density at radius 1 is 0.913 bits per heavy atom. The van der Waals surface area contributed by atoms with Crippen molar-refractivity contribution < 1.29 is 0 Å². The minimum absolute atomic E-state index is 0.926. The molecule has 23 heavy (non-hydrogen) atoms. The Bertz CT molecular complexity index is 517. The first kappa shape index (κ1) is 19.4. The van der Waals surface area contributed by atoms with Crippen LogP contribution < -0.4 is 0 Å². The number of nitrogens with zero attached hydrogens (tertiary/aromatic N) is 1. The lowest BCUT2D eigenvalue weighted by atomic mass is 10.0. The van der Waals surface area contributed by atoms with Crippen LogP contribution in [0.3, 0.4) is 0 Å². The topological polar surface area (TPSA) is 12.4 Å². The Hall–Kier alpha value is -1.63. The van der Waals surface area contributed by atoms with E-state index in [0.29, 0.717) is 0 Å². The summed E-state index contributed by atoms with van der Waals surface area (Å²) in [6.45, 7) is 9.47. The summed E-state index contributed by atoms with van der Waals surface area (Å²) < 4.78 is 0. The smallest absolute Gasteiger partial charge is 0.0389 e. The predicted octanol–water partition coefficient (Wildman–Crippen LogP) is 6.34. The van der Waals surface area contributed by atoms with Crippen molar-refractivity contribution in [1.82, 2.24) is 0 Å². The highest BCUT2D eigenvalue weighted by molar-refractivity contribution is 5.79. The van der Waals surface area contributed by atoms with Crippen LogP contribution in [0.4, 0.5) is 0 Å². The Morgan fingerprint density at radius 3 is 2.09 bits per heavy atom. The number of benzene rings is 1. The first-order valence-electron chi connectivity index (χ1n) is 9.05. The van der Waals surface area contributed by atoms with E-state index in [4.69, 9.17) is 0 Å². The standard InChI is InChI=1S/C22H33N/c1-5-7-11-21-13-15-22(16-14-21)12-8-9-17-23-18-20(4)19(3)10-6-2/h6,10,13-16,18H,5,7-9,11-12,17H2,1-4H3/b10-6-,20-19-,23-18?. The van der Waals surface area contributed by atoms with Gasteiger partial charge in [-0.15, -0.1) is 0 Å². The first-order chi connectivity index (χ1) is 11.2. The lowest BCUT2D eigenvalue weighted by molar-refractivity contribution is 0.746. The molecule has 126 valence electrons. The van der Waals surface area contributed by atoms with Crippen molar-refractivity contribution in [1.29, 1.82) is 0 Å². The van der Waals surface area contributed by atoms with Gasteiger partial charge in [-0.05, 0) is 75.1 Å². The minimum Gasteiger partial charge on any atom is -0.293 e. The molecule has 0 heterocycles. The van der Waals surface area contributed by atoms with Gasteiger partial charge in [0.05, 0.1) is 0 Å². The van der Waals surface area contributed by atoms with Crippen molar-refractivity contribution in [2.75, 3.05) is 6.54 Å². The molecule has 0 saturated carbocycles. The van der Waals surface area contributed by atoms with Crippen LogP contribution in [-0.2, 0) is 12.8 Å². The van der Waals surface area contributed by atoms with E-state index in [1.54, 1.807) is 0 Å². The minimum atomic E-state index is 0.926. The molecule has 0 unspecified atom stereocenters. The molecular weight excluding hydrogens is 278 g/mol. The molecule has 1 rings (SSSR count). The van der Waals surface area contributed by atoms with Crippen LogP contribution in [0.5, 0.6) is 0 Å². The summed E-state index contributed by atoms with van der Waals surface area (Å²) in [6, 6.07) is 9.17. The highest BCUT2D eigenvalue weighted by Crippen LogP contribution is 2.10. The molecule has 0 fully saturated rings. The van der Waals surface area contributed by atoms with Gasteiger partial charge in [0, 0.05) is 12.8 Å². The van der Waals surface area contributed by atoms with E-state index >= 15 is 0 Å². The van der Waals surface area contributed by atoms with Crippen molar-refractivity contribution in [2.24, 2.45) is 4.99 Å². The first-order valence-corrected chi connectivity index (χ1v) is 9.05. The third-order valence-corrected chi connectivity index (χ3v) is 4.17. The summed E-state index contributed by atoms with van der Waals surface area (Å²) in [7, 11) is 0. The van der Waals surface area contributed by atoms with E-state index in [1.807, 2.05) is 13.1 Å². The maximum absolute atomic E-state index is 4.54. The molecule has 0 aliphatic heterocycles. The van der Waals surface area contributed by atoms with E-state index in [0.717, 1.165) is 19.4 Å². The van der Waals surface area contributed by atoms with Gasteiger partial charge in [-0.25, -0.2) is 0 Å². The fourth-order valence-corrected chi connectivity index (χ4v) is 2.47. The molecule has 0 bridgehead atoms. The van der Waals surface area contributed by atoms with Crippen LogP contribution in [0.2, 0.25) is 0 Å². The van der Waals surface area contributed by atoms with Crippen LogP contribution in [0.1, 0.15) is 64.5 Å². The number of unbranched alkanes of at least 4 members (excludes halogenated alkanes) is 2. The Balaban J connectivity index is 2.26. The monoisotopic (exact) mass is 311 g/mol. The largest absolute Gasteiger partial charge is 0.293 e. The van der Waals surface area contributed by atoms with Crippen LogP contribution in [0.25, 0.3) is 0 Å². The molecule has 1 nitrogen and oxygen atoms in total. The maximum Gasteiger partial charge on any atom is 0.0389 e. The normalized spacial score (nSPS) is 13.0. The number of hydrogen-bond donors (Lipinski definition) is 0. The Labute approximate surface area is 143 Å². The molecule has 0 saturated heterocycles. The van der Waals surface area contributed by atoms with Crippen LogP contribution >= 0.6 is 0 Å². The number of rotatable bonds is 10. The summed E-state index contributed by atoms with van der Waals surface area (Å²) in [4.78, 5) is 4.54. The molecule has 0 radical (unpaired) electrons. The summed E-state index contributed by atoms with van der Waals surface area (Å²) in [5.74, 6) is 0. The number of allylic oxidation sites excluding steroid dienone is 4. The van der Waals surface area contributed by atoms with Crippen LogP contribution in [0.15, 0.2) is 52.6 Å². The molecule has 0 aromatic heterocycles. The molecule has 0 atom stereocenters. The number of hydrogen-bond acceptors (Lipinski definition) is 1. The molecule has 0 aliphatic rings. The lowest BCUT2D eigenvalue weighted by Crippen LogP contribution is -1.91. The van der Waals surface area contributed by atoms with E-state index < -0.39 is 0 Å². The van der Waals surface area contributed by atoms with Crippen molar-refractivity contribution >= 4 is 6.21 Å². The average Bonchev–Trinajstić information content (AvgIpc) is 2.57. The zero-order chi connectivity index (χ0) is 16.9. The molecule has 0 N–H and O–H groups in total. The predicted molar refractivity (Wildman–Crippen MR) is 105 cm³/mol. The van der Waals surface area contributed by atoms with Crippen molar-refractivity contribution in [2.45, 2.75) is 66.2 Å². The molecule has 0 spiro atoms. The molecule has 1 heteroatoms. The van der Waals surface area contributed by atoms with Gasteiger partial charge in [0.1, 0.15) is 0 Å². The second-order valence-electron chi connectivity index (χ2n) is 6.28. The van der Waals surface area contributed by atoms with Gasteiger partial charge in [-0.3, -0.25) is 4.99 Å². The zero-order valence-corrected chi connectivity index (χ0v) is 15.4. The summed E-state index contributed by atoms with van der Waals surface area (Å²) in [6.07, 6.45) is 13.5. The number of aliphatic imine (C=N–C) groups is 1. The Morgan fingerprint density at radius 2 is 1.52 bits per heavy atom. The third kappa shape index (κ3) is 8.54. The molecular formula is C22H33N. The van der Waals surface area contributed by atoms with Crippen LogP contribution in [0, 0.1) is 0 Å².